The largest absolute Gasteiger partial charge is 0.444 e. The minimum atomic E-state index is -3.17. The number of carbonyl (C=O) groups is 2. The molecule has 0 aliphatic rings. The summed E-state index contributed by atoms with van der Waals surface area (Å²) in [5.74, 6) is -0.0532. The van der Waals surface area contributed by atoms with Crippen molar-refractivity contribution in [2.24, 2.45) is 0 Å². The van der Waals surface area contributed by atoms with Crippen molar-refractivity contribution in [3.8, 4) is 0 Å². The molecule has 0 heterocycles. The van der Waals surface area contributed by atoms with Gasteiger partial charge in [0.05, 0.1) is 5.75 Å². The van der Waals surface area contributed by atoms with E-state index in [1.807, 2.05) is 0 Å². The van der Waals surface area contributed by atoms with Crippen LogP contribution in [0.2, 0.25) is 0 Å². The fourth-order valence-electron chi connectivity index (χ4n) is 1.73. The summed E-state index contributed by atoms with van der Waals surface area (Å²) in [6, 6.07) is 0. The van der Waals surface area contributed by atoms with Gasteiger partial charge in [0.25, 0.3) is 0 Å². The lowest BCUT2D eigenvalue weighted by Gasteiger charge is -2.19. The third-order valence-corrected chi connectivity index (χ3v) is 4.92. The van der Waals surface area contributed by atoms with Crippen LogP contribution in [0.1, 0.15) is 47.0 Å². The fourth-order valence-corrected chi connectivity index (χ4v) is 2.58. The molecule has 0 aromatic rings. The van der Waals surface area contributed by atoms with Crippen molar-refractivity contribution >= 4 is 22.0 Å². The Kier molecular flexibility index (Phi) is 9.91. The molecule has 0 atom stereocenters. The van der Waals surface area contributed by atoms with E-state index in [2.05, 4.69) is 10.6 Å². The Balaban J connectivity index is 3.73. The number of nitrogens with one attached hydrogen (secondary N) is 2. The van der Waals surface area contributed by atoms with Gasteiger partial charge in [-0.05, 0) is 40.5 Å². The molecule has 142 valence electrons. The molecule has 0 aliphatic carbocycles. The Morgan fingerprint density at radius 2 is 1.67 bits per heavy atom. The SMILES string of the molecule is CCS(=O)(=O)N(C)CCCNC(=O)CCCNC(=O)OC(C)(C)C. The van der Waals surface area contributed by atoms with Crippen molar-refractivity contribution < 1.29 is 22.7 Å². The molecule has 0 unspecified atom stereocenters. The van der Waals surface area contributed by atoms with Crippen molar-refractivity contribution in [1.82, 2.24) is 14.9 Å². The van der Waals surface area contributed by atoms with E-state index >= 15 is 0 Å². The zero-order valence-electron chi connectivity index (χ0n) is 15.3. The average Bonchev–Trinajstić information content (AvgIpc) is 2.46. The van der Waals surface area contributed by atoms with E-state index in [-0.39, 0.29) is 11.7 Å². The maximum Gasteiger partial charge on any atom is 0.407 e. The number of carbonyl (C=O) groups excluding carboxylic acids is 2. The second-order valence-corrected chi connectivity index (χ2v) is 8.82. The van der Waals surface area contributed by atoms with Gasteiger partial charge < -0.3 is 15.4 Å². The van der Waals surface area contributed by atoms with Gasteiger partial charge in [0.2, 0.25) is 15.9 Å². The number of amides is 2. The molecule has 0 aromatic carbocycles. The number of rotatable bonds is 10. The van der Waals surface area contributed by atoms with Crippen LogP contribution in [0.15, 0.2) is 0 Å². The Labute approximate surface area is 145 Å². The van der Waals surface area contributed by atoms with Crippen LogP contribution < -0.4 is 10.6 Å². The number of ether oxygens (including phenoxy) is 1. The molecule has 8 nitrogen and oxygen atoms in total. The molecular weight excluding hydrogens is 334 g/mol. The van der Waals surface area contributed by atoms with E-state index in [4.69, 9.17) is 4.74 Å². The van der Waals surface area contributed by atoms with Gasteiger partial charge >= 0.3 is 6.09 Å². The van der Waals surface area contributed by atoms with Crippen LogP contribution in [0, 0.1) is 0 Å². The van der Waals surface area contributed by atoms with E-state index in [9.17, 15) is 18.0 Å². The molecule has 24 heavy (non-hydrogen) atoms. The molecule has 0 radical (unpaired) electrons. The minimum Gasteiger partial charge on any atom is -0.444 e. The summed E-state index contributed by atoms with van der Waals surface area (Å²) in [5.41, 5.74) is -0.542. The smallest absolute Gasteiger partial charge is 0.407 e. The Morgan fingerprint density at radius 1 is 1.08 bits per heavy atom. The molecule has 0 bridgehead atoms. The molecule has 0 aliphatic heterocycles. The molecule has 0 saturated heterocycles. The molecule has 0 saturated carbocycles. The van der Waals surface area contributed by atoms with Gasteiger partial charge in [-0.25, -0.2) is 17.5 Å². The van der Waals surface area contributed by atoms with Crippen molar-refractivity contribution in [2.75, 3.05) is 32.4 Å². The van der Waals surface area contributed by atoms with E-state index in [0.717, 1.165) is 0 Å². The zero-order valence-corrected chi connectivity index (χ0v) is 16.2. The summed E-state index contributed by atoms with van der Waals surface area (Å²) in [4.78, 5) is 23.0. The van der Waals surface area contributed by atoms with Gasteiger partial charge in [-0.15, -0.1) is 0 Å². The molecule has 0 fully saturated rings. The zero-order chi connectivity index (χ0) is 18.8. The van der Waals surface area contributed by atoms with E-state index in [1.165, 1.54) is 11.4 Å². The first-order valence-corrected chi connectivity index (χ1v) is 9.76. The molecule has 2 amide bonds. The minimum absolute atomic E-state index is 0.0699. The first kappa shape index (κ1) is 22.6. The van der Waals surface area contributed by atoms with Gasteiger partial charge in [-0.2, -0.15) is 0 Å². The van der Waals surface area contributed by atoms with Crippen LogP contribution in [0.3, 0.4) is 0 Å². The summed E-state index contributed by atoms with van der Waals surface area (Å²) >= 11 is 0. The van der Waals surface area contributed by atoms with Crippen molar-refractivity contribution in [3.05, 3.63) is 0 Å². The quantitative estimate of drug-likeness (QED) is 0.564. The molecule has 0 rings (SSSR count). The second-order valence-electron chi connectivity index (χ2n) is 6.46. The molecule has 2 N–H and O–H groups in total. The van der Waals surface area contributed by atoms with Crippen molar-refractivity contribution in [2.45, 2.75) is 52.6 Å². The standard InChI is InChI=1S/C15H31N3O5S/c1-6-24(21,22)18(5)12-8-11-16-13(19)9-7-10-17-14(20)23-15(2,3)4/h6-12H2,1-5H3,(H,16,19)(H,17,20). The highest BCUT2D eigenvalue weighted by Gasteiger charge is 2.16. The summed E-state index contributed by atoms with van der Waals surface area (Å²) in [7, 11) is -1.64. The van der Waals surface area contributed by atoms with Crippen LogP contribution in [0.4, 0.5) is 4.79 Å². The highest BCUT2D eigenvalue weighted by molar-refractivity contribution is 7.89. The van der Waals surface area contributed by atoms with Gasteiger partial charge in [0.15, 0.2) is 0 Å². The maximum atomic E-state index is 11.6. The van der Waals surface area contributed by atoms with E-state index in [0.29, 0.717) is 38.9 Å². The van der Waals surface area contributed by atoms with Crippen LogP contribution in [0.5, 0.6) is 0 Å². The average molecular weight is 365 g/mol. The normalized spacial score (nSPS) is 12.1. The Morgan fingerprint density at radius 3 is 2.21 bits per heavy atom. The van der Waals surface area contributed by atoms with Gasteiger partial charge in [-0.3, -0.25) is 4.79 Å². The van der Waals surface area contributed by atoms with Gasteiger partial charge in [0, 0.05) is 33.1 Å². The number of nitrogens with zero attached hydrogens (tertiary/aromatic N) is 1. The maximum absolute atomic E-state index is 11.6. The van der Waals surface area contributed by atoms with Crippen molar-refractivity contribution in [3.63, 3.8) is 0 Å². The second kappa shape index (κ2) is 10.5. The van der Waals surface area contributed by atoms with Gasteiger partial charge in [-0.1, -0.05) is 0 Å². The van der Waals surface area contributed by atoms with Crippen LogP contribution in [0.25, 0.3) is 0 Å². The summed E-state index contributed by atoms with van der Waals surface area (Å²) < 4.78 is 29.4. The Hall–Kier alpha value is -1.35. The van der Waals surface area contributed by atoms with Crippen molar-refractivity contribution in [1.29, 1.82) is 0 Å². The highest BCUT2D eigenvalue weighted by Crippen LogP contribution is 2.06. The predicted molar refractivity (Wildman–Crippen MR) is 93.2 cm³/mol. The van der Waals surface area contributed by atoms with Crippen LogP contribution in [-0.4, -0.2) is 62.8 Å². The molecule has 0 spiro atoms. The highest BCUT2D eigenvalue weighted by atomic mass is 32.2. The van der Waals surface area contributed by atoms with Crippen LogP contribution in [-0.2, 0) is 19.6 Å². The van der Waals surface area contributed by atoms with Crippen LogP contribution >= 0.6 is 0 Å². The topological polar surface area (TPSA) is 105 Å². The number of sulfonamides is 1. The lowest BCUT2D eigenvalue weighted by Crippen LogP contribution is -2.34. The summed E-state index contributed by atoms with van der Waals surface area (Å²) in [6.07, 6.45) is 0.856. The number of hydrogen-bond donors (Lipinski definition) is 2. The third kappa shape index (κ3) is 11.2. The molecule has 9 heteroatoms. The third-order valence-electron chi connectivity index (χ3n) is 3.06. The molecular formula is C15H31N3O5S. The lowest BCUT2D eigenvalue weighted by atomic mass is 10.2. The number of hydrogen-bond acceptors (Lipinski definition) is 5. The van der Waals surface area contributed by atoms with E-state index < -0.39 is 21.7 Å². The summed E-state index contributed by atoms with van der Waals surface area (Å²) in [5, 5.41) is 5.31. The lowest BCUT2D eigenvalue weighted by molar-refractivity contribution is -0.121. The fraction of sp³-hybridized carbons (Fsp3) is 0.867. The van der Waals surface area contributed by atoms with Gasteiger partial charge in [0.1, 0.15) is 5.60 Å². The first-order chi connectivity index (χ1) is 11.0. The first-order valence-electron chi connectivity index (χ1n) is 8.15. The predicted octanol–water partition coefficient (Wildman–Crippen LogP) is 1.08. The summed E-state index contributed by atoms with van der Waals surface area (Å²) in [6.45, 7) is 8.09. The molecule has 0 aromatic heterocycles. The Bertz CT molecular complexity index is 500. The number of alkyl carbamates (subject to hydrolysis) is 1. The van der Waals surface area contributed by atoms with E-state index in [1.54, 1.807) is 27.7 Å². The monoisotopic (exact) mass is 365 g/mol.